The largest absolute Gasteiger partial charge is 0.233 e. The molecule has 0 saturated carbocycles. The summed E-state index contributed by atoms with van der Waals surface area (Å²) >= 11 is 0. The van der Waals surface area contributed by atoms with Crippen LogP contribution in [0.3, 0.4) is 0 Å². The predicted octanol–water partition coefficient (Wildman–Crippen LogP) is 8.22. The summed E-state index contributed by atoms with van der Waals surface area (Å²) in [5.41, 5.74) is 6.54. The topological polar surface area (TPSA) is 0 Å². The molecule has 0 nitrogen and oxygen atoms in total. The van der Waals surface area contributed by atoms with Crippen LogP contribution in [0.15, 0.2) is 72.8 Å². The molecule has 0 spiro atoms. The van der Waals surface area contributed by atoms with E-state index < -0.39 is 10.0 Å². The van der Waals surface area contributed by atoms with Crippen molar-refractivity contribution in [1.29, 1.82) is 0 Å². The minimum atomic E-state index is -0.901. The number of hydrogen-bond donors (Lipinski definition) is 0. The molecule has 4 atom stereocenters. The summed E-state index contributed by atoms with van der Waals surface area (Å²) in [6, 6.07) is 27.7. The third-order valence-corrected chi connectivity index (χ3v) is 12.2. The maximum atomic E-state index is 2.64. The molecule has 0 radical (unpaired) electrons. The van der Waals surface area contributed by atoms with Gasteiger partial charge in [-0.3, -0.25) is 0 Å². The van der Waals surface area contributed by atoms with E-state index in [0.717, 1.165) is 0 Å². The lowest BCUT2D eigenvalue weighted by molar-refractivity contribution is 0.579. The lowest BCUT2D eigenvalue weighted by Gasteiger charge is -2.48. The molecule has 158 valence electrons. The Labute approximate surface area is 188 Å². The Balaban J connectivity index is 1.50. The van der Waals surface area contributed by atoms with Crippen molar-refractivity contribution in [3.63, 3.8) is 0 Å². The van der Waals surface area contributed by atoms with Crippen LogP contribution >= 0.6 is 10.0 Å². The van der Waals surface area contributed by atoms with E-state index in [4.69, 9.17) is 0 Å². The average Bonchev–Trinajstić information content (AvgIpc) is 3.30. The van der Waals surface area contributed by atoms with Crippen molar-refractivity contribution in [3.05, 3.63) is 95.1 Å². The number of benzene rings is 4. The van der Waals surface area contributed by atoms with Crippen LogP contribution < -0.4 is 0 Å². The molecule has 31 heavy (non-hydrogen) atoms. The summed E-state index contributed by atoms with van der Waals surface area (Å²) in [7, 11) is -0.901. The Hall–Kier alpha value is -2.25. The number of rotatable bonds is 2. The van der Waals surface area contributed by atoms with Crippen LogP contribution in [0.25, 0.3) is 21.5 Å². The number of hydrogen-bond acceptors (Lipinski definition) is 0. The second-order valence-corrected chi connectivity index (χ2v) is 14.4. The van der Waals surface area contributed by atoms with E-state index in [0.29, 0.717) is 22.3 Å². The zero-order chi connectivity index (χ0) is 21.3. The molecule has 0 amide bonds. The van der Waals surface area contributed by atoms with Gasteiger partial charge in [-0.05, 0) is 81.0 Å². The minimum Gasteiger partial charge on any atom is -0.233 e. The molecule has 2 aliphatic carbocycles. The summed E-state index contributed by atoms with van der Waals surface area (Å²) in [4.78, 5) is 0. The van der Waals surface area contributed by atoms with E-state index in [1.807, 2.05) is 0 Å². The van der Waals surface area contributed by atoms with Crippen molar-refractivity contribution >= 4 is 31.6 Å². The quantitative estimate of drug-likeness (QED) is 0.304. The molecule has 0 fully saturated rings. The molecular weight excluding hydrogens is 392 g/mol. The van der Waals surface area contributed by atoms with Crippen molar-refractivity contribution in [1.82, 2.24) is 0 Å². The highest BCUT2D eigenvalue weighted by atomic mass is 32.3. The Kier molecular flexibility index (Phi) is 4.31. The third kappa shape index (κ3) is 2.75. The lowest BCUT2D eigenvalue weighted by Crippen LogP contribution is -2.21. The molecule has 0 aromatic heterocycles. The van der Waals surface area contributed by atoms with Gasteiger partial charge in [-0.25, -0.2) is 10.0 Å². The zero-order valence-electron chi connectivity index (χ0n) is 19.1. The minimum absolute atomic E-state index is 0.678. The highest BCUT2D eigenvalue weighted by Crippen LogP contribution is 2.73. The van der Waals surface area contributed by atoms with Crippen LogP contribution in [0.5, 0.6) is 0 Å². The second-order valence-electron chi connectivity index (χ2n) is 10.4. The van der Waals surface area contributed by atoms with Crippen LogP contribution in [0.4, 0.5) is 0 Å². The Bertz CT molecular complexity index is 1210. The Morgan fingerprint density at radius 2 is 1.00 bits per heavy atom. The van der Waals surface area contributed by atoms with Crippen molar-refractivity contribution in [3.8, 4) is 0 Å². The van der Waals surface area contributed by atoms with E-state index in [1.165, 1.54) is 34.4 Å². The first-order chi connectivity index (χ1) is 15.0. The van der Waals surface area contributed by atoms with Gasteiger partial charge in [0.2, 0.25) is 0 Å². The standard InChI is InChI=1S/C30H32S/c1-19-17-27-23-11-7-5-9-21(23)13-15-25(27)29(19)31(3,4)30-20(2)18-28-24-12-8-6-10-22(24)14-16-26(28)30/h5-16,19-20,29-30H,17-18H2,1-4H3. The van der Waals surface area contributed by atoms with Crippen molar-refractivity contribution in [2.75, 3.05) is 12.5 Å². The van der Waals surface area contributed by atoms with Crippen molar-refractivity contribution < 1.29 is 0 Å². The van der Waals surface area contributed by atoms with Gasteiger partial charge in [0.15, 0.2) is 0 Å². The molecule has 4 aromatic carbocycles. The molecule has 2 aliphatic rings. The predicted molar refractivity (Wildman–Crippen MR) is 139 cm³/mol. The SMILES string of the molecule is CC1Cc2c(ccc3ccccc23)C1S(C)(C)C1c2ccc3ccccc3c2CC1C. The van der Waals surface area contributed by atoms with Crippen LogP contribution in [0, 0.1) is 11.8 Å². The van der Waals surface area contributed by atoms with Gasteiger partial charge in [-0.15, -0.1) is 0 Å². The fourth-order valence-corrected chi connectivity index (χ4v) is 11.8. The van der Waals surface area contributed by atoms with Crippen LogP contribution in [0.1, 0.15) is 46.6 Å². The molecule has 0 bridgehead atoms. The van der Waals surface area contributed by atoms with E-state index in [-0.39, 0.29) is 0 Å². The molecule has 4 aromatic rings. The first kappa shape index (κ1) is 19.4. The summed E-state index contributed by atoms with van der Waals surface area (Å²) in [6.07, 6.45) is 7.74. The second kappa shape index (κ2) is 6.87. The van der Waals surface area contributed by atoms with Gasteiger partial charge in [0, 0.05) is 10.5 Å². The normalized spacial score (nSPS) is 25.7. The molecule has 0 saturated heterocycles. The first-order valence-corrected chi connectivity index (χ1v) is 14.3. The highest BCUT2D eigenvalue weighted by molar-refractivity contribution is 8.33. The molecular formula is C30H32S. The lowest BCUT2D eigenvalue weighted by atomic mass is 10.0. The van der Waals surface area contributed by atoms with Gasteiger partial charge in [-0.1, -0.05) is 86.6 Å². The highest BCUT2D eigenvalue weighted by Gasteiger charge is 2.46. The zero-order valence-corrected chi connectivity index (χ0v) is 19.9. The summed E-state index contributed by atoms with van der Waals surface area (Å²) < 4.78 is 0. The fourth-order valence-electron chi connectivity index (χ4n) is 7.18. The molecule has 0 N–H and O–H groups in total. The van der Waals surface area contributed by atoms with Gasteiger partial charge in [0.1, 0.15) is 0 Å². The van der Waals surface area contributed by atoms with E-state index in [1.54, 1.807) is 22.3 Å². The summed E-state index contributed by atoms with van der Waals surface area (Å²) in [5.74, 6) is 1.42. The number of fused-ring (bicyclic) bond motifs is 6. The van der Waals surface area contributed by atoms with Gasteiger partial charge in [-0.2, -0.15) is 0 Å². The molecule has 4 unspecified atom stereocenters. The van der Waals surface area contributed by atoms with Crippen LogP contribution in [-0.4, -0.2) is 12.5 Å². The van der Waals surface area contributed by atoms with Crippen molar-refractivity contribution in [2.24, 2.45) is 11.8 Å². The summed E-state index contributed by atoms with van der Waals surface area (Å²) in [5, 5.41) is 7.11. The molecule has 1 heteroatoms. The smallest absolute Gasteiger partial charge is 0.0172 e. The van der Waals surface area contributed by atoms with Gasteiger partial charge in [0.05, 0.1) is 0 Å². The van der Waals surface area contributed by atoms with Crippen LogP contribution in [-0.2, 0) is 12.8 Å². The van der Waals surface area contributed by atoms with Gasteiger partial charge >= 0.3 is 0 Å². The molecule has 6 rings (SSSR count). The van der Waals surface area contributed by atoms with Gasteiger partial charge < -0.3 is 0 Å². The Morgan fingerprint density at radius 1 is 0.581 bits per heavy atom. The van der Waals surface area contributed by atoms with E-state index in [9.17, 15) is 0 Å². The van der Waals surface area contributed by atoms with E-state index in [2.05, 4.69) is 99.2 Å². The van der Waals surface area contributed by atoms with Crippen molar-refractivity contribution in [2.45, 2.75) is 37.2 Å². The monoisotopic (exact) mass is 424 g/mol. The first-order valence-electron chi connectivity index (χ1n) is 11.7. The van der Waals surface area contributed by atoms with Gasteiger partial charge in [0.25, 0.3) is 0 Å². The maximum Gasteiger partial charge on any atom is 0.0172 e. The third-order valence-electron chi connectivity index (χ3n) is 8.16. The average molecular weight is 425 g/mol. The van der Waals surface area contributed by atoms with Crippen LogP contribution in [0.2, 0.25) is 0 Å². The van der Waals surface area contributed by atoms with E-state index >= 15 is 0 Å². The molecule has 0 heterocycles. The Morgan fingerprint density at radius 3 is 1.45 bits per heavy atom. The maximum absolute atomic E-state index is 2.64. The summed E-state index contributed by atoms with van der Waals surface area (Å²) in [6.45, 7) is 5.02. The fraction of sp³-hybridized carbons (Fsp3) is 0.333. The molecule has 0 aliphatic heterocycles.